The van der Waals surface area contributed by atoms with Crippen molar-refractivity contribution in [3.63, 3.8) is 0 Å². The van der Waals surface area contributed by atoms with Gasteiger partial charge in [-0.2, -0.15) is 0 Å². The van der Waals surface area contributed by atoms with Gasteiger partial charge in [-0.15, -0.1) is 0 Å². The molecule has 1 aliphatic carbocycles. The fourth-order valence-corrected chi connectivity index (χ4v) is 2.81. The number of nitrogens with two attached hydrogens (primary N) is 1. The third-order valence-corrected chi connectivity index (χ3v) is 4.21. The van der Waals surface area contributed by atoms with E-state index in [0.717, 1.165) is 5.92 Å². The van der Waals surface area contributed by atoms with Gasteiger partial charge in [-0.1, -0.05) is 63.4 Å². The van der Waals surface area contributed by atoms with Crippen molar-refractivity contribution in [2.24, 2.45) is 17.6 Å². The van der Waals surface area contributed by atoms with E-state index in [-0.39, 0.29) is 0 Å². The van der Waals surface area contributed by atoms with Crippen LogP contribution in [0.4, 0.5) is 0 Å². The van der Waals surface area contributed by atoms with Crippen molar-refractivity contribution in [2.75, 3.05) is 0 Å². The Morgan fingerprint density at radius 2 is 1.88 bits per heavy atom. The van der Waals surface area contributed by atoms with Gasteiger partial charge in [0.1, 0.15) is 0 Å². The van der Waals surface area contributed by atoms with Gasteiger partial charge < -0.3 is 5.73 Å². The SMILES string of the molecule is CCC(C)C(c1ccccc1)C(N)CC1CC1. The molecule has 1 fully saturated rings. The molecule has 2 rings (SSSR count). The molecule has 2 N–H and O–H groups in total. The van der Waals surface area contributed by atoms with Crippen molar-refractivity contribution in [3.8, 4) is 0 Å². The van der Waals surface area contributed by atoms with Crippen LogP contribution in [0.3, 0.4) is 0 Å². The zero-order valence-corrected chi connectivity index (χ0v) is 11.1. The smallest absolute Gasteiger partial charge is 0.0113 e. The van der Waals surface area contributed by atoms with Gasteiger partial charge in [-0.05, 0) is 23.8 Å². The highest BCUT2D eigenvalue weighted by atomic mass is 14.7. The van der Waals surface area contributed by atoms with Crippen LogP contribution in [-0.4, -0.2) is 6.04 Å². The third kappa shape index (κ3) is 3.32. The van der Waals surface area contributed by atoms with Crippen LogP contribution in [0.5, 0.6) is 0 Å². The van der Waals surface area contributed by atoms with Gasteiger partial charge in [0, 0.05) is 12.0 Å². The quantitative estimate of drug-likeness (QED) is 0.788. The van der Waals surface area contributed by atoms with E-state index in [9.17, 15) is 0 Å². The molecule has 0 saturated heterocycles. The summed E-state index contributed by atoms with van der Waals surface area (Å²) in [4.78, 5) is 0. The molecule has 0 aliphatic heterocycles. The van der Waals surface area contributed by atoms with Gasteiger partial charge in [0.2, 0.25) is 0 Å². The van der Waals surface area contributed by atoms with E-state index in [1.165, 1.54) is 31.2 Å². The van der Waals surface area contributed by atoms with Crippen LogP contribution in [0.15, 0.2) is 30.3 Å². The second-order valence-corrected chi connectivity index (χ2v) is 5.66. The molecule has 1 aliphatic rings. The summed E-state index contributed by atoms with van der Waals surface area (Å²) in [6.07, 6.45) is 5.22. The molecule has 0 aromatic heterocycles. The molecular weight excluding hydrogens is 206 g/mol. The van der Waals surface area contributed by atoms with E-state index in [4.69, 9.17) is 5.73 Å². The van der Waals surface area contributed by atoms with Crippen LogP contribution in [0.1, 0.15) is 51.0 Å². The molecule has 94 valence electrons. The Balaban J connectivity index is 2.11. The minimum absolute atomic E-state index is 0.333. The molecule has 1 nitrogen and oxygen atoms in total. The highest BCUT2D eigenvalue weighted by Crippen LogP contribution is 2.38. The number of benzene rings is 1. The second kappa shape index (κ2) is 5.68. The predicted molar refractivity (Wildman–Crippen MR) is 74.0 cm³/mol. The van der Waals surface area contributed by atoms with Gasteiger partial charge >= 0.3 is 0 Å². The number of hydrogen-bond acceptors (Lipinski definition) is 1. The van der Waals surface area contributed by atoms with Crippen molar-refractivity contribution in [1.29, 1.82) is 0 Å². The zero-order chi connectivity index (χ0) is 12.3. The van der Waals surface area contributed by atoms with Gasteiger partial charge in [-0.25, -0.2) is 0 Å². The first kappa shape index (κ1) is 12.6. The molecule has 0 amide bonds. The number of hydrogen-bond donors (Lipinski definition) is 1. The summed E-state index contributed by atoms with van der Waals surface area (Å²) in [6.45, 7) is 4.61. The van der Waals surface area contributed by atoms with E-state index < -0.39 is 0 Å². The molecule has 1 aromatic carbocycles. The molecular formula is C16H25N. The average molecular weight is 231 g/mol. The highest BCUT2D eigenvalue weighted by molar-refractivity contribution is 5.22. The standard InChI is InChI=1S/C16H25N/c1-3-12(2)16(14-7-5-4-6-8-14)15(17)11-13-9-10-13/h4-8,12-13,15-16H,3,9-11,17H2,1-2H3. The van der Waals surface area contributed by atoms with E-state index in [2.05, 4.69) is 44.2 Å². The van der Waals surface area contributed by atoms with E-state index in [1.54, 1.807) is 0 Å². The number of rotatable bonds is 6. The Labute approximate surface area is 105 Å². The molecule has 3 atom stereocenters. The summed E-state index contributed by atoms with van der Waals surface area (Å²) >= 11 is 0. The van der Waals surface area contributed by atoms with Crippen molar-refractivity contribution in [1.82, 2.24) is 0 Å². The van der Waals surface area contributed by atoms with Crippen LogP contribution in [0.25, 0.3) is 0 Å². The highest BCUT2D eigenvalue weighted by Gasteiger charge is 2.30. The first-order valence-corrected chi connectivity index (χ1v) is 7.03. The molecule has 3 unspecified atom stereocenters. The van der Waals surface area contributed by atoms with Gasteiger partial charge in [-0.3, -0.25) is 0 Å². The van der Waals surface area contributed by atoms with Crippen LogP contribution in [0, 0.1) is 11.8 Å². The maximum atomic E-state index is 6.47. The fourth-order valence-electron chi connectivity index (χ4n) is 2.81. The zero-order valence-electron chi connectivity index (χ0n) is 11.1. The lowest BCUT2D eigenvalue weighted by Gasteiger charge is -2.29. The minimum Gasteiger partial charge on any atom is -0.327 e. The van der Waals surface area contributed by atoms with Gasteiger partial charge in [0.05, 0.1) is 0 Å². The Morgan fingerprint density at radius 3 is 2.41 bits per heavy atom. The Bertz CT molecular complexity index is 329. The Hall–Kier alpha value is -0.820. The minimum atomic E-state index is 0.333. The summed E-state index contributed by atoms with van der Waals surface area (Å²) in [7, 11) is 0. The Morgan fingerprint density at radius 1 is 1.24 bits per heavy atom. The van der Waals surface area contributed by atoms with Crippen LogP contribution in [-0.2, 0) is 0 Å². The monoisotopic (exact) mass is 231 g/mol. The van der Waals surface area contributed by atoms with Crippen LogP contribution in [0.2, 0.25) is 0 Å². The maximum absolute atomic E-state index is 6.47. The topological polar surface area (TPSA) is 26.0 Å². The Kier molecular flexibility index (Phi) is 4.22. The lowest BCUT2D eigenvalue weighted by atomic mass is 9.79. The van der Waals surface area contributed by atoms with E-state index in [0.29, 0.717) is 17.9 Å². The first-order chi connectivity index (χ1) is 8.22. The lowest BCUT2D eigenvalue weighted by Crippen LogP contribution is -2.32. The molecule has 1 aromatic rings. The predicted octanol–water partition coefficient (Wildman–Crippen LogP) is 3.94. The normalized spacial score (nSPS) is 20.9. The molecule has 0 radical (unpaired) electrons. The molecule has 0 bridgehead atoms. The molecule has 1 heteroatoms. The van der Waals surface area contributed by atoms with Crippen molar-refractivity contribution in [3.05, 3.63) is 35.9 Å². The van der Waals surface area contributed by atoms with Gasteiger partial charge in [0.25, 0.3) is 0 Å². The summed E-state index contributed by atoms with van der Waals surface area (Å²) in [5.74, 6) is 2.12. The molecule has 0 heterocycles. The van der Waals surface area contributed by atoms with Crippen LogP contribution < -0.4 is 5.73 Å². The lowest BCUT2D eigenvalue weighted by molar-refractivity contribution is 0.359. The van der Waals surface area contributed by atoms with E-state index >= 15 is 0 Å². The fraction of sp³-hybridized carbons (Fsp3) is 0.625. The molecule has 1 saturated carbocycles. The summed E-state index contributed by atoms with van der Waals surface area (Å²) in [5, 5.41) is 0. The van der Waals surface area contributed by atoms with Gasteiger partial charge in [0.15, 0.2) is 0 Å². The summed E-state index contributed by atoms with van der Waals surface area (Å²) in [5.41, 5.74) is 7.89. The third-order valence-electron chi connectivity index (χ3n) is 4.21. The summed E-state index contributed by atoms with van der Waals surface area (Å²) in [6, 6.07) is 11.2. The van der Waals surface area contributed by atoms with Crippen LogP contribution >= 0.6 is 0 Å². The van der Waals surface area contributed by atoms with Crippen molar-refractivity contribution in [2.45, 2.75) is 51.5 Å². The average Bonchev–Trinajstić information content (AvgIpc) is 3.14. The molecule has 0 spiro atoms. The summed E-state index contributed by atoms with van der Waals surface area (Å²) < 4.78 is 0. The first-order valence-electron chi connectivity index (χ1n) is 7.03. The largest absolute Gasteiger partial charge is 0.327 e. The second-order valence-electron chi connectivity index (χ2n) is 5.66. The molecule has 17 heavy (non-hydrogen) atoms. The van der Waals surface area contributed by atoms with Crippen molar-refractivity contribution >= 4 is 0 Å². The van der Waals surface area contributed by atoms with Crippen molar-refractivity contribution < 1.29 is 0 Å². The van der Waals surface area contributed by atoms with E-state index in [1.807, 2.05) is 0 Å². The maximum Gasteiger partial charge on any atom is 0.0113 e.